The summed E-state index contributed by atoms with van der Waals surface area (Å²) in [6.45, 7) is 13.6. The van der Waals surface area contributed by atoms with Crippen LogP contribution in [0.15, 0.2) is 12.3 Å². The van der Waals surface area contributed by atoms with E-state index >= 15 is 0 Å². The summed E-state index contributed by atoms with van der Waals surface area (Å²) in [6.07, 6.45) is 0. The second kappa shape index (κ2) is 6.82. The number of halogens is 1. The summed E-state index contributed by atoms with van der Waals surface area (Å²) in [6, 6.07) is 2.21. The molecule has 0 atom stereocenters. The number of rotatable bonds is 3. The van der Waals surface area contributed by atoms with Crippen LogP contribution in [0.5, 0.6) is 0 Å². The van der Waals surface area contributed by atoms with Crippen molar-refractivity contribution in [3.05, 3.63) is 12.3 Å². The molecule has 1 N–H and O–H groups in total. The molecule has 4 heteroatoms. The van der Waals surface area contributed by atoms with Crippen molar-refractivity contribution in [3.8, 4) is 0 Å². The Balaban J connectivity index is 0. The van der Waals surface area contributed by atoms with Gasteiger partial charge in [0.15, 0.2) is 15.7 Å². The lowest BCUT2D eigenvalue weighted by Crippen LogP contribution is -2.20. The minimum atomic E-state index is -1.61. The molecule has 0 heterocycles. The molecule has 0 saturated heterocycles. The van der Waals surface area contributed by atoms with E-state index in [0.717, 1.165) is 12.1 Å². The zero-order valence-electron chi connectivity index (χ0n) is 9.52. The lowest BCUT2D eigenvalue weighted by Gasteiger charge is -2.13. The predicted octanol–water partition coefficient (Wildman–Crippen LogP) is 3.75. The maximum Gasteiger partial charge on any atom is 0.179 e. The van der Waals surface area contributed by atoms with Crippen LogP contribution in [0.1, 0.15) is 13.8 Å². The maximum absolute atomic E-state index is 8.66. The van der Waals surface area contributed by atoms with Crippen molar-refractivity contribution in [2.45, 2.75) is 45.6 Å². The quantitative estimate of drug-likeness (QED) is 0.587. The molecule has 0 unspecified atom stereocenters. The first kappa shape index (κ1) is 15.9. The zero-order valence-corrected chi connectivity index (χ0v) is 12.3. The molecular formula is C9H23ClOSi2. The Morgan fingerprint density at radius 2 is 1.46 bits per heavy atom. The van der Waals surface area contributed by atoms with E-state index in [9.17, 15) is 0 Å². The molecule has 0 aromatic heterocycles. The fourth-order valence-electron chi connectivity index (χ4n) is 0.539. The summed E-state index contributed by atoms with van der Waals surface area (Å²) in [7, 11) is -3.05. The maximum atomic E-state index is 8.66. The van der Waals surface area contributed by atoms with Crippen LogP contribution in [0.25, 0.3) is 0 Å². The Hall–Kier alpha value is 0.424. The lowest BCUT2D eigenvalue weighted by molar-refractivity contribution is 0.561. The highest BCUT2D eigenvalue weighted by Crippen LogP contribution is 2.19. The fraction of sp³-hybridized carbons (Fsp3) is 0.778. The average molecular weight is 239 g/mol. The van der Waals surface area contributed by atoms with Crippen LogP contribution in [0.2, 0.25) is 31.7 Å². The van der Waals surface area contributed by atoms with Gasteiger partial charge >= 0.3 is 0 Å². The van der Waals surface area contributed by atoms with Crippen molar-refractivity contribution in [2.75, 3.05) is 0 Å². The Labute approximate surface area is 89.7 Å². The first-order valence-corrected chi connectivity index (χ1v) is 11.7. The average Bonchev–Trinajstić information content (AvgIpc) is 2.00. The van der Waals surface area contributed by atoms with Crippen molar-refractivity contribution in [3.63, 3.8) is 0 Å². The van der Waals surface area contributed by atoms with E-state index in [0.29, 0.717) is 0 Å². The van der Waals surface area contributed by atoms with E-state index in [1.54, 1.807) is 0 Å². The number of hydrogen-bond donors (Lipinski definition) is 1. The largest absolute Gasteiger partial charge is 0.433 e. The van der Waals surface area contributed by atoms with Crippen molar-refractivity contribution >= 4 is 26.8 Å². The van der Waals surface area contributed by atoms with E-state index in [4.69, 9.17) is 15.9 Å². The van der Waals surface area contributed by atoms with Gasteiger partial charge in [-0.15, -0.1) is 6.58 Å². The molecule has 0 aliphatic rings. The van der Waals surface area contributed by atoms with E-state index in [-0.39, 0.29) is 0 Å². The predicted molar refractivity (Wildman–Crippen MR) is 68.3 cm³/mol. The van der Waals surface area contributed by atoms with Crippen LogP contribution in [0.3, 0.4) is 0 Å². The highest BCUT2D eigenvalue weighted by Gasteiger charge is 2.20. The normalized spacial score (nSPS) is 11.6. The Morgan fingerprint density at radius 1 is 1.23 bits per heavy atom. The molecular weight excluding hydrogens is 216 g/mol. The smallest absolute Gasteiger partial charge is 0.179 e. The summed E-state index contributed by atoms with van der Waals surface area (Å²) < 4.78 is 0. The molecule has 0 fully saturated rings. The summed E-state index contributed by atoms with van der Waals surface area (Å²) in [4.78, 5) is 8.66. The van der Waals surface area contributed by atoms with Crippen molar-refractivity contribution in [1.29, 1.82) is 0 Å². The van der Waals surface area contributed by atoms with Gasteiger partial charge in [0, 0.05) is 0 Å². The van der Waals surface area contributed by atoms with Crippen LogP contribution in [0, 0.1) is 0 Å². The Kier molecular flexibility index (Phi) is 8.32. The molecule has 0 radical (unpaired) electrons. The Morgan fingerprint density at radius 3 is 1.46 bits per heavy atom. The third-order valence-electron chi connectivity index (χ3n) is 1.54. The van der Waals surface area contributed by atoms with E-state index in [1.807, 2.05) is 25.3 Å². The van der Waals surface area contributed by atoms with Gasteiger partial charge in [0.05, 0.1) is 0 Å². The highest BCUT2D eigenvalue weighted by molar-refractivity contribution is 7.23. The van der Waals surface area contributed by atoms with Crippen LogP contribution < -0.4 is 0 Å². The first-order chi connectivity index (χ1) is 5.68. The third kappa shape index (κ3) is 15.2. The molecule has 0 bridgehead atoms. The van der Waals surface area contributed by atoms with Gasteiger partial charge in [-0.05, 0) is 31.7 Å². The van der Waals surface area contributed by atoms with Crippen LogP contribution in [-0.4, -0.2) is 20.5 Å². The van der Waals surface area contributed by atoms with Gasteiger partial charge < -0.3 is 4.80 Å². The molecule has 0 spiro atoms. The van der Waals surface area contributed by atoms with Gasteiger partial charge in [0.25, 0.3) is 0 Å². The van der Waals surface area contributed by atoms with Gasteiger partial charge in [-0.1, -0.05) is 19.5 Å². The zero-order chi connectivity index (χ0) is 11.1. The van der Waals surface area contributed by atoms with Gasteiger partial charge in [0.2, 0.25) is 0 Å². The standard InChI is InChI=1S/C6H13ClSi.C3H10OSi/c1-4-8(7,5-2)6-3;1-5(2,3)4/h4H,1,5-6H2,2-3H3;4H,1-3H3. The third-order valence-corrected chi connectivity index (χ3v) is 6.69. The van der Waals surface area contributed by atoms with Gasteiger partial charge in [-0.3, -0.25) is 0 Å². The minimum Gasteiger partial charge on any atom is -0.433 e. The summed E-state index contributed by atoms with van der Waals surface area (Å²) in [5.74, 6) is 0. The van der Waals surface area contributed by atoms with Crippen LogP contribution in [-0.2, 0) is 0 Å². The van der Waals surface area contributed by atoms with E-state index < -0.39 is 15.7 Å². The molecule has 0 aliphatic heterocycles. The molecule has 13 heavy (non-hydrogen) atoms. The van der Waals surface area contributed by atoms with Gasteiger partial charge in [-0.25, -0.2) is 0 Å². The van der Waals surface area contributed by atoms with Gasteiger partial charge in [-0.2, -0.15) is 11.1 Å². The highest BCUT2D eigenvalue weighted by atomic mass is 35.6. The molecule has 0 amide bonds. The molecule has 0 aromatic rings. The molecule has 0 aromatic carbocycles. The van der Waals surface area contributed by atoms with Gasteiger partial charge in [0.1, 0.15) is 0 Å². The summed E-state index contributed by atoms with van der Waals surface area (Å²) >= 11 is 6.11. The van der Waals surface area contributed by atoms with E-state index in [2.05, 4.69) is 20.4 Å². The SMILES string of the molecule is C=C[Si](Cl)(CC)CC.C[Si](C)(C)O. The Bertz CT molecular complexity index is 133. The molecule has 0 rings (SSSR count). The molecule has 0 saturated carbocycles. The van der Waals surface area contributed by atoms with Crippen molar-refractivity contribution < 1.29 is 4.80 Å². The lowest BCUT2D eigenvalue weighted by atomic mass is 10.9. The second-order valence-corrected chi connectivity index (χ2v) is 14.6. The van der Waals surface area contributed by atoms with Crippen LogP contribution in [0.4, 0.5) is 0 Å². The van der Waals surface area contributed by atoms with Crippen molar-refractivity contribution in [1.82, 2.24) is 0 Å². The summed E-state index contributed by atoms with van der Waals surface area (Å²) in [5, 5.41) is 0. The van der Waals surface area contributed by atoms with Crippen molar-refractivity contribution in [2.24, 2.45) is 0 Å². The summed E-state index contributed by atoms with van der Waals surface area (Å²) in [5.41, 5.74) is 1.95. The monoisotopic (exact) mass is 238 g/mol. The van der Waals surface area contributed by atoms with E-state index in [1.165, 1.54) is 0 Å². The fourth-order valence-corrected chi connectivity index (χ4v) is 1.62. The number of hydrogen-bond acceptors (Lipinski definition) is 1. The molecule has 80 valence electrons. The molecule has 1 nitrogen and oxygen atoms in total. The molecule has 0 aliphatic carbocycles. The first-order valence-electron chi connectivity index (χ1n) is 4.73. The minimum absolute atomic E-state index is 1.11. The topological polar surface area (TPSA) is 20.2 Å². The second-order valence-electron chi connectivity index (χ2n) is 4.12. The van der Waals surface area contributed by atoms with Crippen LogP contribution >= 0.6 is 11.1 Å².